The van der Waals surface area contributed by atoms with Gasteiger partial charge in [0.15, 0.2) is 0 Å². The first-order valence-corrected chi connectivity index (χ1v) is 11.1. The molecule has 178 valence electrons. The van der Waals surface area contributed by atoms with Crippen LogP contribution in [0.15, 0.2) is 18.2 Å². The lowest BCUT2D eigenvalue weighted by Gasteiger charge is -2.43. The molecule has 0 aliphatic carbocycles. The van der Waals surface area contributed by atoms with Crippen LogP contribution in [0, 0.1) is 0 Å². The van der Waals surface area contributed by atoms with Gasteiger partial charge in [0.1, 0.15) is 6.04 Å². The number of benzene rings is 1. The molecule has 1 N–H and O–H groups in total. The Balaban J connectivity index is 1.59. The fraction of sp³-hybridized carbons (Fsp3) is 0.600. The highest BCUT2D eigenvalue weighted by atomic mass is 35.5. The van der Waals surface area contributed by atoms with Crippen LogP contribution in [0.5, 0.6) is 0 Å². The predicted molar refractivity (Wildman–Crippen MR) is 116 cm³/mol. The minimum Gasteiger partial charge on any atom is -0.465 e. The van der Waals surface area contributed by atoms with Gasteiger partial charge >= 0.3 is 12.3 Å². The molecule has 3 rings (SSSR count). The van der Waals surface area contributed by atoms with Crippen molar-refractivity contribution in [3.05, 3.63) is 28.2 Å². The summed E-state index contributed by atoms with van der Waals surface area (Å²) < 4.78 is 37.3. The van der Waals surface area contributed by atoms with Crippen molar-refractivity contribution >= 4 is 40.9 Å². The van der Waals surface area contributed by atoms with E-state index in [9.17, 15) is 27.9 Å². The number of alkyl halides is 3. The molecule has 2 aliphatic rings. The molecule has 2 fully saturated rings. The molecule has 7 nitrogen and oxygen atoms in total. The highest BCUT2D eigenvalue weighted by Crippen LogP contribution is 2.28. The first-order valence-electron chi connectivity index (χ1n) is 10.3. The fourth-order valence-electron chi connectivity index (χ4n) is 4.06. The van der Waals surface area contributed by atoms with Crippen LogP contribution in [0.4, 0.5) is 23.7 Å². The highest BCUT2D eigenvalue weighted by molar-refractivity contribution is 6.42. The number of nitrogens with zero attached hydrogens (tertiary/aromatic N) is 4. The lowest BCUT2D eigenvalue weighted by atomic mass is 10.1. The van der Waals surface area contributed by atoms with Crippen molar-refractivity contribution in [3.63, 3.8) is 0 Å². The van der Waals surface area contributed by atoms with Crippen molar-refractivity contribution in [1.29, 1.82) is 0 Å². The molecule has 1 atom stereocenters. The summed E-state index contributed by atoms with van der Waals surface area (Å²) in [5.41, 5.74) is 0.882. The van der Waals surface area contributed by atoms with Gasteiger partial charge in [-0.15, -0.1) is 0 Å². The summed E-state index contributed by atoms with van der Waals surface area (Å²) in [7, 11) is 0. The molecule has 0 saturated carbocycles. The number of carbonyl (C=O) groups is 2. The lowest BCUT2D eigenvalue weighted by Crippen LogP contribution is -2.62. The first kappa shape index (κ1) is 24.7. The number of carbonyl (C=O) groups excluding carboxylic acids is 1. The molecular formula is C20H25Cl2F3N4O3. The molecule has 2 saturated heterocycles. The minimum absolute atomic E-state index is 0.0835. The molecular weight excluding hydrogens is 472 g/mol. The van der Waals surface area contributed by atoms with Crippen molar-refractivity contribution in [1.82, 2.24) is 14.7 Å². The van der Waals surface area contributed by atoms with Crippen LogP contribution in [0.3, 0.4) is 0 Å². The summed E-state index contributed by atoms with van der Waals surface area (Å²) in [6, 6.07) is 4.38. The van der Waals surface area contributed by atoms with Gasteiger partial charge in [0.25, 0.3) is 0 Å². The van der Waals surface area contributed by atoms with Crippen molar-refractivity contribution in [2.45, 2.75) is 25.1 Å². The maximum absolute atomic E-state index is 13.1. The van der Waals surface area contributed by atoms with Crippen molar-refractivity contribution in [2.24, 2.45) is 0 Å². The maximum Gasteiger partial charge on any atom is 0.408 e. The third-order valence-corrected chi connectivity index (χ3v) is 6.53. The van der Waals surface area contributed by atoms with Gasteiger partial charge in [0.05, 0.1) is 10.0 Å². The van der Waals surface area contributed by atoms with Crippen LogP contribution in [-0.2, 0) is 4.79 Å². The Morgan fingerprint density at radius 1 is 1.03 bits per heavy atom. The predicted octanol–water partition coefficient (Wildman–Crippen LogP) is 3.65. The second-order valence-corrected chi connectivity index (χ2v) is 8.74. The van der Waals surface area contributed by atoms with E-state index in [4.69, 9.17) is 23.2 Å². The Morgan fingerprint density at radius 3 is 2.31 bits per heavy atom. The third-order valence-electron chi connectivity index (χ3n) is 5.79. The van der Waals surface area contributed by atoms with Crippen molar-refractivity contribution in [2.75, 3.05) is 57.3 Å². The molecule has 32 heavy (non-hydrogen) atoms. The Bertz CT molecular complexity index is 835. The number of carboxylic acid groups (broad SMARTS) is 1. The lowest BCUT2D eigenvalue weighted by molar-refractivity contribution is -0.141. The van der Waals surface area contributed by atoms with Crippen LogP contribution >= 0.6 is 23.2 Å². The van der Waals surface area contributed by atoms with E-state index in [0.717, 1.165) is 10.6 Å². The van der Waals surface area contributed by atoms with E-state index in [0.29, 0.717) is 42.8 Å². The Labute approximate surface area is 194 Å². The second-order valence-electron chi connectivity index (χ2n) is 7.92. The van der Waals surface area contributed by atoms with E-state index in [2.05, 4.69) is 4.90 Å². The summed E-state index contributed by atoms with van der Waals surface area (Å²) >= 11 is 12.0. The molecule has 0 bridgehead atoms. The number of hydrogen-bond acceptors (Lipinski definition) is 4. The molecule has 0 aromatic heterocycles. The molecule has 0 unspecified atom stereocenters. The van der Waals surface area contributed by atoms with Gasteiger partial charge in [-0.25, -0.2) is 4.79 Å². The van der Waals surface area contributed by atoms with Gasteiger partial charge in [-0.1, -0.05) is 23.2 Å². The average Bonchev–Trinajstić information content (AvgIpc) is 2.74. The summed E-state index contributed by atoms with van der Waals surface area (Å²) in [6.45, 7) is 2.53. The smallest absolute Gasteiger partial charge is 0.408 e. The van der Waals surface area contributed by atoms with Gasteiger partial charge in [-0.3, -0.25) is 14.6 Å². The summed E-state index contributed by atoms with van der Waals surface area (Å²) in [4.78, 5) is 31.3. The monoisotopic (exact) mass is 496 g/mol. The number of hydrogen-bond donors (Lipinski definition) is 1. The summed E-state index contributed by atoms with van der Waals surface area (Å²) in [6.07, 6.45) is -6.42. The van der Waals surface area contributed by atoms with Crippen molar-refractivity contribution in [3.8, 4) is 0 Å². The summed E-state index contributed by atoms with van der Waals surface area (Å²) in [5, 5.41) is 10.4. The SMILES string of the molecule is O=C([C@H]1CN(CCCC(F)(F)F)CCN1C(=O)O)N1CCN(c2ccc(Cl)c(Cl)c2)CC1. The second kappa shape index (κ2) is 10.4. The highest BCUT2D eigenvalue weighted by Gasteiger charge is 2.38. The van der Waals surface area contributed by atoms with Crippen LogP contribution in [0.2, 0.25) is 10.0 Å². The maximum atomic E-state index is 13.1. The number of amides is 2. The Morgan fingerprint density at radius 2 is 1.72 bits per heavy atom. The van der Waals surface area contributed by atoms with Crippen LogP contribution in [0.25, 0.3) is 0 Å². The molecule has 2 heterocycles. The van der Waals surface area contributed by atoms with E-state index in [1.807, 2.05) is 6.07 Å². The van der Waals surface area contributed by atoms with E-state index in [1.165, 1.54) is 0 Å². The molecule has 0 radical (unpaired) electrons. The zero-order valence-electron chi connectivity index (χ0n) is 17.3. The minimum atomic E-state index is -4.23. The Hall–Kier alpha value is -1.91. The Kier molecular flexibility index (Phi) is 8.00. The molecule has 0 spiro atoms. The van der Waals surface area contributed by atoms with Gasteiger partial charge < -0.3 is 14.9 Å². The standard InChI is InChI=1S/C20H25Cl2F3N4O3/c21-15-3-2-14(12-16(15)22)27-7-9-28(10-8-27)18(30)17-13-26(5-1-4-20(23,24)25)6-11-29(17)19(31)32/h2-3,12,17H,1,4-11,13H2,(H,31,32)/t17-/m1/s1. The van der Waals surface area contributed by atoms with E-state index < -0.39 is 24.7 Å². The zero-order valence-corrected chi connectivity index (χ0v) is 18.8. The van der Waals surface area contributed by atoms with Gasteiger partial charge in [0, 0.05) is 57.9 Å². The van der Waals surface area contributed by atoms with E-state index in [1.54, 1.807) is 21.9 Å². The van der Waals surface area contributed by atoms with Crippen LogP contribution < -0.4 is 4.90 Å². The number of rotatable bonds is 5. The van der Waals surface area contributed by atoms with Crippen LogP contribution in [0.1, 0.15) is 12.8 Å². The van der Waals surface area contributed by atoms with Gasteiger partial charge in [-0.2, -0.15) is 13.2 Å². The molecule has 1 aromatic carbocycles. The van der Waals surface area contributed by atoms with Gasteiger partial charge in [0.2, 0.25) is 5.91 Å². The molecule has 2 amide bonds. The topological polar surface area (TPSA) is 67.3 Å². The normalized spacial score (nSPS) is 20.5. The molecule has 12 heteroatoms. The molecule has 2 aliphatic heterocycles. The van der Waals surface area contributed by atoms with E-state index >= 15 is 0 Å². The number of halogens is 5. The largest absolute Gasteiger partial charge is 0.465 e. The quantitative estimate of drug-likeness (QED) is 0.673. The van der Waals surface area contributed by atoms with E-state index in [-0.39, 0.29) is 32.0 Å². The number of anilines is 1. The zero-order chi connectivity index (χ0) is 23.5. The summed E-state index contributed by atoms with van der Waals surface area (Å²) in [5.74, 6) is -0.318. The number of piperazine rings is 2. The first-order chi connectivity index (χ1) is 15.0. The third kappa shape index (κ3) is 6.32. The van der Waals surface area contributed by atoms with Crippen LogP contribution in [-0.4, -0.2) is 96.4 Å². The fourth-order valence-corrected chi connectivity index (χ4v) is 4.36. The van der Waals surface area contributed by atoms with Crippen molar-refractivity contribution < 1.29 is 27.9 Å². The average molecular weight is 497 g/mol. The van der Waals surface area contributed by atoms with Gasteiger partial charge in [-0.05, 0) is 31.2 Å². The molecule has 1 aromatic rings.